The second-order valence-electron chi connectivity index (χ2n) is 6.74. The Kier molecular flexibility index (Phi) is 4.64. The lowest BCUT2D eigenvalue weighted by Gasteiger charge is -2.17. The van der Waals surface area contributed by atoms with Crippen LogP contribution in [0.2, 0.25) is 0 Å². The fourth-order valence-corrected chi connectivity index (χ4v) is 3.01. The highest BCUT2D eigenvalue weighted by molar-refractivity contribution is 5.70. The molecule has 0 unspecified atom stereocenters. The second kappa shape index (κ2) is 7.23. The fourth-order valence-electron chi connectivity index (χ4n) is 3.01. The Bertz CT molecular complexity index is 868. The number of fused-ring (bicyclic) bond motifs is 1. The molecule has 26 heavy (non-hydrogen) atoms. The minimum atomic E-state index is 0.397. The van der Waals surface area contributed by atoms with Crippen LogP contribution >= 0.6 is 0 Å². The maximum absolute atomic E-state index is 4.76. The van der Waals surface area contributed by atoms with Crippen molar-refractivity contribution < 1.29 is 0 Å². The molecule has 8 nitrogen and oxygen atoms in total. The number of nitrogens with zero attached hydrogens (tertiary/aromatic N) is 6. The maximum atomic E-state index is 4.76. The van der Waals surface area contributed by atoms with Gasteiger partial charge in [-0.3, -0.25) is 0 Å². The van der Waals surface area contributed by atoms with Gasteiger partial charge in [0.1, 0.15) is 5.82 Å². The summed E-state index contributed by atoms with van der Waals surface area (Å²) in [7, 11) is 0. The summed E-state index contributed by atoms with van der Waals surface area (Å²) in [5.74, 6) is 2.28. The molecule has 4 rings (SSSR count). The fraction of sp³-hybridized carbons (Fsp3) is 0.500. The number of aromatic nitrogens is 6. The number of rotatable bonds is 8. The topological polar surface area (TPSA) is 92.9 Å². The first kappa shape index (κ1) is 16.7. The summed E-state index contributed by atoms with van der Waals surface area (Å²) in [6.07, 6.45) is 6.10. The molecule has 0 spiro atoms. The highest BCUT2D eigenvalue weighted by Gasteiger charge is 2.30. The van der Waals surface area contributed by atoms with Crippen LogP contribution in [0.1, 0.15) is 57.0 Å². The molecule has 1 saturated carbocycles. The van der Waals surface area contributed by atoms with E-state index < -0.39 is 0 Å². The predicted molar refractivity (Wildman–Crippen MR) is 100 cm³/mol. The SMILES string of the molecule is CCC(CC)Nc1cc(NCc2cccnn2)c2nnc(C3CC3)n2n1. The number of hydrogen-bond acceptors (Lipinski definition) is 7. The zero-order valence-corrected chi connectivity index (χ0v) is 15.2. The minimum Gasteiger partial charge on any atom is -0.376 e. The van der Waals surface area contributed by atoms with E-state index in [0.717, 1.165) is 54.4 Å². The van der Waals surface area contributed by atoms with Crippen molar-refractivity contribution in [3.05, 3.63) is 35.9 Å². The summed E-state index contributed by atoms with van der Waals surface area (Å²) in [5, 5.41) is 28.5. The van der Waals surface area contributed by atoms with Gasteiger partial charge in [0.05, 0.1) is 17.9 Å². The Morgan fingerprint density at radius 3 is 2.73 bits per heavy atom. The number of anilines is 2. The minimum absolute atomic E-state index is 0.397. The molecule has 0 bridgehead atoms. The van der Waals surface area contributed by atoms with Crippen molar-refractivity contribution in [2.24, 2.45) is 0 Å². The van der Waals surface area contributed by atoms with Crippen molar-refractivity contribution in [1.29, 1.82) is 0 Å². The van der Waals surface area contributed by atoms with Crippen molar-refractivity contribution in [3.63, 3.8) is 0 Å². The molecule has 0 radical (unpaired) electrons. The molecular formula is C18H24N8. The van der Waals surface area contributed by atoms with Crippen LogP contribution in [0, 0.1) is 0 Å². The first-order valence-electron chi connectivity index (χ1n) is 9.31. The van der Waals surface area contributed by atoms with Crippen LogP contribution < -0.4 is 10.6 Å². The van der Waals surface area contributed by atoms with Crippen molar-refractivity contribution in [2.45, 2.75) is 58.0 Å². The van der Waals surface area contributed by atoms with E-state index in [-0.39, 0.29) is 0 Å². The third kappa shape index (κ3) is 3.44. The van der Waals surface area contributed by atoms with Crippen LogP contribution in [-0.4, -0.2) is 36.1 Å². The van der Waals surface area contributed by atoms with Gasteiger partial charge in [0.15, 0.2) is 5.82 Å². The Morgan fingerprint density at radius 2 is 2.04 bits per heavy atom. The number of hydrogen-bond donors (Lipinski definition) is 2. The Labute approximate surface area is 152 Å². The van der Waals surface area contributed by atoms with Crippen LogP contribution in [0.25, 0.3) is 5.65 Å². The van der Waals surface area contributed by atoms with Gasteiger partial charge in [-0.2, -0.15) is 14.7 Å². The van der Waals surface area contributed by atoms with Gasteiger partial charge in [-0.05, 0) is 37.8 Å². The lowest BCUT2D eigenvalue weighted by atomic mass is 10.2. The largest absolute Gasteiger partial charge is 0.376 e. The molecule has 0 atom stereocenters. The maximum Gasteiger partial charge on any atom is 0.201 e. The summed E-state index contributed by atoms with van der Waals surface area (Å²) in [6, 6.07) is 6.24. The molecule has 2 N–H and O–H groups in total. The zero-order valence-electron chi connectivity index (χ0n) is 15.2. The molecule has 0 saturated heterocycles. The van der Waals surface area contributed by atoms with Crippen molar-refractivity contribution in [3.8, 4) is 0 Å². The summed E-state index contributed by atoms with van der Waals surface area (Å²) in [6.45, 7) is 4.94. The standard InChI is InChI=1S/C18H24N8/c1-3-13(4-2)21-16-10-15(19-11-14-6-5-9-20-22-14)18-24-23-17(12-7-8-12)26(18)25-16/h5-6,9-10,12-13,19H,3-4,7-8,11H2,1-2H3,(H,21,25). The smallest absolute Gasteiger partial charge is 0.201 e. The average molecular weight is 352 g/mol. The lowest BCUT2D eigenvalue weighted by molar-refractivity contribution is 0.664. The van der Waals surface area contributed by atoms with Gasteiger partial charge in [-0.25, -0.2) is 0 Å². The van der Waals surface area contributed by atoms with Crippen molar-refractivity contribution in [2.75, 3.05) is 10.6 Å². The molecule has 0 aliphatic heterocycles. The highest BCUT2D eigenvalue weighted by Crippen LogP contribution is 2.39. The van der Waals surface area contributed by atoms with Gasteiger partial charge < -0.3 is 10.6 Å². The zero-order chi connectivity index (χ0) is 17.9. The summed E-state index contributed by atoms with van der Waals surface area (Å²) in [5.41, 5.74) is 2.53. The van der Waals surface area contributed by atoms with Crippen LogP contribution in [0.3, 0.4) is 0 Å². The first-order chi connectivity index (χ1) is 12.8. The summed E-state index contributed by atoms with van der Waals surface area (Å²) in [4.78, 5) is 0. The van der Waals surface area contributed by atoms with Gasteiger partial charge in [0.2, 0.25) is 5.65 Å². The second-order valence-corrected chi connectivity index (χ2v) is 6.74. The molecule has 8 heteroatoms. The molecule has 1 aliphatic carbocycles. The van der Waals surface area contributed by atoms with E-state index in [9.17, 15) is 0 Å². The molecule has 0 aromatic carbocycles. The third-order valence-electron chi connectivity index (χ3n) is 4.76. The lowest BCUT2D eigenvalue weighted by Crippen LogP contribution is -2.19. The molecule has 1 aliphatic rings. The van der Waals surface area contributed by atoms with E-state index in [4.69, 9.17) is 5.10 Å². The molecule has 1 fully saturated rings. The molecule has 136 valence electrons. The molecule has 3 aromatic rings. The van der Waals surface area contributed by atoms with E-state index >= 15 is 0 Å². The van der Waals surface area contributed by atoms with E-state index in [1.54, 1.807) is 6.20 Å². The monoisotopic (exact) mass is 352 g/mol. The van der Waals surface area contributed by atoms with Gasteiger partial charge in [0, 0.05) is 24.2 Å². The first-order valence-corrected chi connectivity index (χ1v) is 9.31. The molecule has 0 amide bonds. The predicted octanol–water partition coefficient (Wildman–Crippen LogP) is 3.00. The average Bonchev–Trinajstić information content (AvgIpc) is 3.44. The van der Waals surface area contributed by atoms with E-state index in [2.05, 4.69) is 44.9 Å². The highest BCUT2D eigenvalue weighted by atomic mass is 15.4. The van der Waals surface area contributed by atoms with Crippen LogP contribution in [0.5, 0.6) is 0 Å². The van der Waals surface area contributed by atoms with Crippen LogP contribution in [-0.2, 0) is 6.54 Å². The van der Waals surface area contributed by atoms with Gasteiger partial charge in [0.25, 0.3) is 0 Å². The molecule has 3 aromatic heterocycles. The Hall–Kier alpha value is -2.77. The van der Waals surface area contributed by atoms with Gasteiger partial charge in [-0.15, -0.1) is 15.3 Å². The summed E-state index contributed by atoms with van der Waals surface area (Å²) < 4.78 is 1.89. The Balaban J connectivity index is 1.67. The van der Waals surface area contributed by atoms with E-state index in [0.29, 0.717) is 18.5 Å². The Morgan fingerprint density at radius 1 is 1.19 bits per heavy atom. The van der Waals surface area contributed by atoms with Crippen LogP contribution in [0.4, 0.5) is 11.5 Å². The van der Waals surface area contributed by atoms with Gasteiger partial charge >= 0.3 is 0 Å². The quantitative estimate of drug-likeness (QED) is 0.643. The van der Waals surface area contributed by atoms with Crippen molar-refractivity contribution >= 4 is 17.2 Å². The third-order valence-corrected chi connectivity index (χ3v) is 4.76. The molecule has 3 heterocycles. The van der Waals surface area contributed by atoms with E-state index in [1.165, 1.54) is 0 Å². The van der Waals surface area contributed by atoms with Crippen molar-refractivity contribution in [1.82, 2.24) is 30.0 Å². The summed E-state index contributed by atoms with van der Waals surface area (Å²) >= 11 is 0. The van der Waals surface area contributed by atoms with Gasteiger partial charge in [-0.1, -0.05) is 13.8 Å². The number of nitrogens with one attached hydrogen (secondary N) is 2. The molecular weight excluding hydrogens is 328 g/mol. The van der Waals surface area contributed by atoms with E-state index in [1.807, 2.05) is 22.7 Å². The van der Waals surface area contributed by atoms with Crippen LogP contribution in [0.15, 0.2) is 24.4 Å². The normalized spacial score (nSPS) is 14.1.